The van der Waals surface area contributed by atoms with Gasteiger partial charge >= 0.3 is 19.4 Å². The molecule has 2 aliphatic rings. The van der Waals surface area contributed by atoms with Crippen LogP contribution in [0.3, 0.4) is 0 Å². The first-order valence-electron chi connectivity index (χ1n) is 12.5. The number of H-pyrrole nitrogens is 1. The van der Waals surface area contributed by atoms with Gasteiger partial charge in [0.05, 0.1) is 18.9 Å². The number of rotatable bonds is 10. The Morgan fingerprint density at radius 3 is 2.68 bits per heavy atom. The summed E-state index contributed by atoms with van der Waals surface area (Å²) in [5.74, 6) is -1.59. The second-order valence-corrected chi connectivity index (χ2v) is 11.0. The van der Waals surface area contributed by atoms with Crippen LogP contribution < -0.4 is 20.9 Å². The summed E-state index contributed by atoms with van der Waals surface area (Å²) < 4.78 is 50.6. The molecule has 1 aromatic carbocycles. The summed E-state index contributed by atoms with van der Waals surface area (Å²) in [5, 5.41) is 13.1. The molecule has 2 heterocycles. The Hall–Kier alpha value is -2.83. The average molecular weight is 555 g/mol. The maximum atomic E-state index is 13.7. The van der Waals surface area contributed by atoms with Crippen LogP contribution in [0.15, 0.2) is 46.1 Å². The van der Waals surface area contributed by atoms with Gasteiger partial charge in [-0.3, -0.25) is 23.7 Å². The molecule has 2 fully saturated rings. The Labute approximate surface area is 217 Å². The predicted molar refractivity (Wildman–Crippen MR) is 132 cm³/mol. The van der Waals surface area contributed by atoms with E-state index in [0.717, 1.165) is 36.7 Å². The normalized spacial score (nSPS) is 24.4. The smallest absolute Gasteiger partial charge is 0.459 e. The van der Waals surface area contributed by atoms with Gasteiger partial charge < -0.3 is 19.1 Å². The van der Waals surface area contributed by atoms with Gasteiger partial charge in [-0.1, -0.05) is 24.6 Å². The number of aromatic amines is 1. The highest BCUT2D eigenvalue weighted by atomic mass is 31.2. The predicted octanol–water partition coefficient (Wildman–Crippen LogP) is 2.38. The first-order valence-corrected chi connectivity index (χ1v) is 14.0. The van der Waals surface area contributed by atoms with E-state index in [9.17, 15) is 28.4 Å². The Kier molecular flexibility index (Phi) is 9.16. The fourth-order valence-electron chi connectivity index (χ4n) is 4.33. The minimum absolute atomic E-state index is 0.124. The van der Waals surface area contributed by atoms with Crippen molar-refractivity contribution < 1.29 is 37.4 Å². The van der Waals surface area contributed by atoms with E-state index in [0.29, 0.717) is 6.20 Å². The van der Waals surface area contributed by atoms with E-state index in [-0.39, 0.29) is 18.3 Å². The van der Waals surface area contributed by atoms with E-state index in [2.05, 4.69) is 5.09 Å². The highest BCUT2D eigenvalue weighted by molar-refractivity contribution is 7.52. The Bertz CT molecular complexity index is 1260. The molecule has 0 bridgehead atoms. The number of aliphatic hydroxyl groups excluding tert-OH is 1. The maximum Gasteiger partial charge on any atom is 0.459 e. The quantitative estimate of drug-likeness (QED) is 0.294. The van der Waals surface area contributed by atoms with E-state index in [1.165, 1.54) is 6.92 Å². The lowest BCUT2D eigenvalue weighted by molar-refractivity contribution is -0.152. The highest BCUT2D eigenvalue weighted by Gasteiger charge is 2.40. The number of benzene rings is 1. The number of esters is 1. The van der Waals surface area contributed by atoms with Gasteiger partial charge in [0.15, 0.2) is 0 Å². The van der Waals surface area contributed by atoms with Gasteiger partial charge in [-0.25, -0.2) is 9.36 Å². The van der Waals surface area contributed by atoms with Crippen molar-refractivity contribution in [2.45, 2.75) is 76.0 Å². The zero-order valence-corrected chi connectivity index (χ0v) is 21.7. The van der Waals surface area contributed by atoms with E-state index in [4.69, 9.17) is 18.5 Å². The summed E-state index contributed by atoms with van der Waals surface area (Å²) >= 11 is 0. The molecule has 1 aliphatic carbocycles. The zero-order valence-electron chi connectivity index (χ0n) is 20.8. The monoisotopic (exact) mass is 555 g/mol. The molecule has 1 saturated heterocycles. The third kappa shape index (κ3) is 7.17. The van der Waals surface area contributed by atoms with E-state index >= 15 is 0 Å². The number of halogens is 1. The van der Waals surface area contributed by atoms with Crippen molar-refractivity contribution in [1.29, 1.82) is 0 Å². The van der Waals surface area contributed by atoms with Crippen LogP contribution in [0.4, 0.5) is 4.39 Å². The number of carbonyl (C=O) groups excluding carboxylic acids is 1. The molecule has 3 N–H and O–H groups in total. The number of nitrogens with zero attached hydrogens (tertiary/aromatic N) is 1. The second kappa shape index (κ2) is 12.4. The lowest BCUT2D eigenvalue weighted by atomic mass is 9.98. The summed E-state index contributed by atoms with van der Waals surface area (Å²) in [6, 6.07) is 7.12. The van der Waals surface area contributed by atoms with Gasteiger partial charge in [0.25, 0.3) is 5.56 Å². The van der Waals surface area contributed by atoms with Crippen LogP contribution in [0.1, 0.15) is 51.7 Å². The summed E-state index contributed by atoms with van der Waals surface area (Å²) in [6.07, 6.45) is 1.58. The zero-order chi connectivity index (χ0) is 27.3. The molecule has 1 unspecified atom stereocenters. The van der Waals surface area contributed by atoms with Crippen molar-refractivity contribution in [1.82, 2.24) is 14.6 Å². The first kappa shape index (κ1) is 28.2. The number of carbonyl (C=O) groups is 1. The van der Waals surface area contributed by atoms with Crippen molar-refractivity contribution in [3.8, 4) is 5.75 Å². The Morgan fingerprint density at radius 1 is 1.26 bits per heavy atom. The van der Waals surface area contributed by atoms with Crippen molar-refractivity contribution in [3.05, 3.63) is 63.2 Å². The molecule has 0 spiro atoms. The van der Waals surface area contributed by atoms with Gasteiger partial charge in [0, 0.05) is 6.42 Å². The first-order chi connectivity index (χ1) is 18.1. The summed E-state index contributed by atoms with van der Waals surface area (Å²) in [5.41, 5.74) is -2.09. The second-order valence-electron chi connectivity index (χ2n) is 9.32. The minimum Gasteiger partial charge on any atom is -0.461 e. The third-order valence-corrected chi connectivity index (χ3v) is 8.00. The van der Waals surface area contributed by atoms with Crippen LogP contribution >= 0.6 is 7.75 Å². The molecule has 0 radical (unpaired) electrons. The fourth-order valence-corrected chi connectivity index (χ4v) is 5.83. The Morgan fingerprint density at radius 2 is 1.97 bits per heavy atom. The number of hydrogen-bond acceptors (Lipinski definition) is 9. The average Bonchev–Trinajstić information content (AvgIpc) is 3.26. The van der Waals surface area contributed by atoms with Crippen LogP contribution in [0.5, 0.6) is 5.75 Å². The lowest BCUT2D eigenvalue weighted by Gasteiger charge is -2.27. The SMILES string of the molecule is C[C@H](NP(=O)(OC[C@H]1O[C@@H](n2cc(F)c(=O)[nH]c2=O)C[C@@H]1O)Oc1ccccc1)C(=O)OC1CCCCC1. The number of para-hydroxylation sites is 1. The molecule has 1 aromatic heterocycles. The van der Waals surface area contributed by atoms with E-state index in [1.807, 2.05) is 4.98 Å². The number of aliphatic hydroxyl groups is 1. The number of nitrogens with one attached hydrogen (secondary N) is 2. The summed E-state index contributed by atoms with van der Waals surface area (Å²) in [6.45, 7) is 1.02. The molecule has 2 aromatic rings. The van der Waals surface area contributed by atoms with Gasteiger partial charge in [0.1, 0.15) is 30.2 Å². The van der Waals surface area contributed by atoms with Crippen LogP contribution in [0.25, 0.3) is 0 Å². The molecular weight excluding hydrogens is 524 g/mol. The van der Waals surface area contributed by atoms with Crippen LogP contribution in [0.2, 0.25) is 0 Å². The number of ether oxygens (including phenoxy) is 2. The molecule has 4 rings (SSSR count). The number of hydrogen-bond donors (Lipinski definition) is 3. The molecular formula is C24H31FN3O9P. The molecule has 12 nitrogen and oxygen atoms in total. The van der Waals surface area contributed by atoms with Crippen molar-refractivity contribution in [2.24, 2.45) is 0 Å². The van der Waals surface area contributed by atoms with Gasteiger partial charge in [-0.05, 0) is 44.7 Å². The van der Waals surface area contributed by atoms with Gasteiger partial charge in [-0.15, -0.1) is 0 Å². The molecule has 0 amide bonds. The molecule has 1 aliphatic heterocycles. The summed E-state index contributed by atoms with van der Waals surface area (Å²) in [4.78, 5) is 37.9. The van der Waals surface area contributed by atoms with Crippen molar-refractivity contribution >= 4 is 13.7 Å². The fraction of sp³-hybridized carbons (Fsp3) is 0.542. The van der Waals surface area contributed by atoms with Crippen molar-refractivity contribution in [2.75, 3.05) is 6.61 Å². The molecule has 5 atom stereocenters. The molecule has 38 heavy (non-hydrogen) atoms. The van der Waals surface area contributed by atoms with Gasteiger partial charge in [0.2, 0.25) is 5.82 Å². The molecule has 208 valence electrons. The topological polar surface area (TPSA) is 158 Å². The van der Waals surface area contributed by atoms with Crippen LogP contribution in [-0.4, -0.2) is 51.6 Å². The lowest BCUT2D eigenvalue weighted by Crippen LogP contribution is -2.38. The standard InChI is InChI=1S/C24H31FN3O9P/c1-15(23(31)35-16-8-4-2-5-9-16)27-38(33,37-17-10-6-3-7-11-17)34-14-20-19(29)12-21(36-20)28-13-18(25)22(30)26-24(28)32/h3,6-7,10-11,13,15-16,19-21,29H,2,4-5,8-9,12,14H2,1H3,(H,27,33)(H,26,30,32)/t15-,19-,20+,21+,38?/m0/s1. The van der Waals surface area contributed by atoms with E-state index in [1.54, 1.807) is 30.3 Å². The van der Waals surface area contributed by atoms with E-state index < -0.39 is 61.9 Å². The van der Waals surface area contributed by atoms with Crippen molar-refractivity contribution in [3.63, 3.8) is 0 Å². The Balaban J connectivity index is 1.43. The maximum absolute atomic E-state index is 13.7. The van der Waals surface area contributed by atoms with Crippen LogP contribution in [0, 0.1) is 5.82 Å². The largest absolute Gasteiger partial charge is 0.461 e. The highest BCUT2D eigenvalue weighted by Crippen LogP contribution is 2.46. The van der Waals surface area contributed by atoms with Gasteiger partial charge in [-0.2, -0.15) is 9.48 Å². The minimum atomic E-state index is -4.22. The molecule has 1 saturated carbocycles. The van der Waals surface area contributed by atoms with Crippen LogP contribution in [-0.2, 0) is 23.4 Å². The summed E-state index contributed by atoms with van der Waals surface area (Å²) in [7, 11) is -4.22. The third-order valence-electron chi connectivity index (χ3n) is 6.36. The number of aromatic nitrogens is 2. The molecule has 14 heteroatoms.